The molecule has 2 unspecified atom stereocenters. The fourth-order valence-electron chi connectivity index (χ4n) is 6.66. The van der Waals surface area contributed by atoms with Gasteiger partial charge in [0.15, 0.2) is 11.5 Å². The number of nitrogens with one attached hydrogen (secondary N) is 2. The number of alkyl carbamates (subject to hydrolysis) is 1. The summed E-state index contributed by atoms with van der Waals surface area (Å²) in [5.74, 6) is -0.592. The zero-order chi connectivity index (χ0) is 38.6. The Morgan fingerprint density at radius 1 is 1.02 bits per heavy atom. The summed E-state index contributed by atoms with van der Waals surface area (Å²) in [5, 5.41) is 5.81. The number of nitrogens with zero attached hydrogens (tertiary/aromatic N) is 1. The number of hydrogen-bond donors (Lipinski definition) is 2. The van der Waals surface area contributed by atoms with E-state index in [-0.39, 0.29) is 76.8 Å². The molecule has 2 aromatic rings. The highest BCUT2D eigenvalue weighted by atomic mass is 35.5. The predicted molar refractivity (Wildman–Crippen MR) is 199 cm³/mol. The second kappa shape index (κ2) is 19.5. The molecule has 1 aliphatic heterocycles. The van der Waals surface area contributed by atoms with Crippen LogP contribution in [-0.2, 0) is 23.8 Å². The number of pyridine rings is 1. The van der Waals surface area contributed by atoms with Crippen molar-refractivity contribution in [2.24, 2.45) is 17.8 Å². The van der Waals surface area contributed by atoms with E-state index in [1.807, 2.05) is 27.7 Å². The first-order valence-electron chi connectivity index (χ1n) is 17.7. The highest BCUT2D eigenvalue weighted by Gasteiger charge is 2.42. The average molecular weight is 767 g/mol. The third-order valence-electron chi connectivity index (χ3n) is 9.59. The molecule has 14 heteroatoms. The van der Waals surface area contributed by atoms with E-state index in [1.54, 1.807) is 26.2 Å². The highest BCUT2D eigenvalue weighted by Crippen LogP contribution is 2.35. The van der Waals surface area contributed by atoms with Crippen molar-refractivity contribution in [1.29, 1.82) is 0 Å². The molecule has 1 aromatic carbocycles. The Morgan fingerprint density at radius 3 is 2.35 bits per heavy atom. The SMILES string of the molecule is CC[C@H]1OC(=O)C(C)C[C@H](C)CC(C)(OC)C[C@@H](C)C(=O)CC[C@]1(C)OC(=O)NCCCOc1cc(C(=O)Nc2c(Cl)cncc2Cl)ccc1OC. The molecule has 0 saturated carbocycles. The minimum atomic E-state index is -1.26. The molecule has 52 heavy (non-hydrogen) atoms. The zero-order valence-corrected chi connectivity index (χ0v) is 32.9. The number of ketones is 1. The van der Waals surface area contributed by atoms with Gasteiger partial charge >= 0.3 is 12.1 Å². The van der Waals surface area contributed by atoms with Gasteiger partial charge in [-0.1, -0.05) is 50.9 Å². The number of rotatable bonds is 11. The molecule has 288 valence electrons. The van der Waals surface area contributed by atoms with Gasteiger partial charge in [-0.15, -0.1) is 0 Å². The Balaban J connectivity index is 1.64. The number of carbonyl (C=O) groups excluding carboxylic acids is 4. The average Bonchev–Trinajstić information content (AvgIpc) is 3.09. The number of ether oxygens (including phenoxy) is 5. The number of benzene rings is 1. The van der Waals surface area contributed by atoms with Gasteiger partial charge in [-0.2, -0.15) is 0 Å². The van der Waals surface area contributed by atoms with Gasteiger partial charge in [0, 0.05) is 44.0 Å². The summed E-state index contributed by atoms with van der Waals surface area (Å²) in [5.41, 5.74) is -1.28. The van der Waals surface area contributed by atoms with Crippen molar-refractivity contribution in [3.63, 3.8) is 0 Å². The van der Waals surface area contributed by atoms with Crippen molar-refractivity contribution in [1.82, 2.24) is 10.3 Å². The topological polar surface area (TPSA) is 151 Å². The lowest BCUT2D eigenvalue weighted by Gasteiger charge is -2.38. The lowest BCUT2D eigenvalue weighted by molar-refractivity contribution is -0.170. The van der Waals surface area contributed by atoms with Crippen LogP contribution in [0, 0.1) is 17.8 Å². The third-order valence-corrected chi connectivity index (χ3v) is 10.2. The number of esters is 1. The largest absolute Gasteiger partial charge is 0.493 e. The smallest absolute Gasteiger partial charge is 0.407 e. The van der Waals surface area contributed by atoms with Gasteiger partial charge < -0.3 is 34.3 Å². The van der Waals surface area contributed by atoms with Gasteiger partial charge in [0.05, 0.1) is 41.0 Å². The lowest BCUT2D eigenvalue weighted by atomic mass is 9.79. The predicted octanol–water partition coefficient (Wildman–Crippen LogP) is 8.07. The van der Waals surface area contributed by atoms with Gasteiger partial charge in [-0.25, -0.2) is 4.79 Å². The van der Waals surface area contributed by atoms with Crippen molar-refractivity contribution < 1.29 is 42.9 Å². The van der Waals surface area contributed by atoms with Crippen LogP contribution < -0.4 is 20.1 Å². The van der Waals surface area contributed by atoms with Crippen LogP contribution >= 0.6 is 23.2 Å². The summed E-state index contributed by atoms with van der Waals surface area (Å²) in [4.78, 5) is 56.6. The molecule has 1 aliphatic rings. The van der Waals surface area contributed by atoms with Gasteiger partial charge in [-0.05, 0) is 76.5 Å². The summed E-state index contributed by atoms with van der Waals surface area (Å²) in [6, 6.07) is 4.70. The number of methoxy groups -OCH3 is 2. The summed E-state index contributed by atoms with van der Waals surface area (Å²) < 4.78 is 29.1. The maximum Gasteiger partial charge on any atom is 0.407 e. The minimum Gasteiger partial charge on any atom is -0.493 e. The van der Waals surface area contributed by atoms with Crippen molar-refractivity contribution in [2.45, 2.75) is 104 Å². The van der Waals surface area contributed by atoms with E-state index in [2.05, 4.69) is 22.5 Å². The molecule has 0 aliphatic carbocycles. The van der Waals surface area contributed by atoms with Crippen LogP contribution in [0.5, 0.6) is 11.5 Å². The standard InChI is InChI=1S/C38H53Cl2N3O9/c1-9-32-38(6,14-13-29(44)25(4)20-37(5,49-8)19-23(2)17-24(3)35(46)51-32)52-36(47)42-15-10-16-50-31-18-26(11-12-30(31)48-7)34(45)43-33-27(39)21-41-22-28(33)40/h11-12,18,21-25,32H,9-10,13-17,19-20H2,1-8H3,(H,42,47)(H,41,43,45)/t23-,24?,25+,32+,37?,38-/m0/s1. The van der Waals surface area contributed by atoms with Crippen molar-refractivity contribution in [3.8, 4) is 11.5 Å². The minimum absolute atomic E-state index is 0.0249. The Bertz CT molecular complexity index is 1540. The summed E-state index contributed by atoms with van der Waals surface area (Å²) in [6.07, 6.45) is 4.20. The molecule has 1 fully saturated rings. The first kappa shape index (κ1) is 42.8. The van der Waals surface area contributed by atoms with E-state index < -0.39 is 29.3 Å². The first-order chi connectivity index (χ1) is 24.5. The second-order valence-electron chi connectivity index (χ2n) is 14.1. The molecule has 6 atom stereocenters. The zero-order valence-electron chi connectivity index (χ0n) is 31.4. The van der Waals surface area contributed by atoms with Crippen LogP contribution in [0.4, 0.5) is 10.5 Å². The number of carbonyl (C=O) groups is 4. The van der Waals surface area contributed by atoms with Crippen LogP contribution in [0.15, 0.2) is 30.6 Å². The van der Waals surface area contributed by atoms with Crippen molar-refractivity contribution >= 4 is 52.6 Å². The fraction of sp³-hybridized carbons (Fsp3) is 0.605. The van der Waals surface area contributed by atoms with Gasteiger partial charge in [0.25, 0.3) is 5.91 Å². The van der Waals surface area contributed by atoms with E-state index in [0.717, 1.165) is 0 Å². The molecule has 2 N–H and O–H groups in total. The van der Waals surface area contributed by atoms with Gasteiger partial charge in [0.2, 0.25) is 0 Å². The molecule has 12 nitrogen and oxygen atoms in total. The van der Waals surface area contributed by atoms with Crippen molar-refractivity contribution in [2.75, 3.05) is 32.7 Å². The number of hydrogen-bond acceptors (Lipinski definition) is 10. The summed E-state index contributed by atoms with van der Waals surface area (Å²) in [6.45, 7) is 11.7. The Morgan fingerprint density at radius 2 is 1.71 bits per heavy atom. The summed E-state index contributed by atoms with van der Waals surface area (Å²) in [7, 11) is 3.13. The Labute approximate surface area is 316 Å². The number of Topliss-reactive ketones (excluding diaryl/α,β-unsaturated/α-hetero) is 1. The Hall–Kier alpha value is -3.61. The molecule has 0 radical (unpaired) electrons. The monoisotopic (exact) mass is 765 g/mol. The molecular formula is C38H53Cl2N3O9. The van der Waals surface area contributed by atoms with Crippen LogP contribution in [0.3, 0.4) is 0 Å². The highest BCUT2D eigenvalue weighted by molar-refractivity contribution is 6.39. The van der Waals surface area contributed by atoms with E-state index in [0.29, 0.717) is 43.6 Å². The number of cyclic esters (lactones) is 1. The van der Waals surface area contributed by atoms with Crippen LogP contribution in [-0.4, -0.2) is 73.4 Å². The number of amides is 2. The molecule has 0 bridgehead atoms. The van der Waals surface area contributed by atoms with Gasteiger partial charge in [0.1, 0.15) is 17.5 Å². The number of halogens is 2. The maximum absolute atomic E-state index is 13.4. The van der Waals surface area contributed by atoms with E-state index in [4.69, 9.17) is 46.9 Å². The van der Waals surface area contributed by atoms with Gasteiger partial charge in [-0.3, -0.25) is 19.4 Å². The third kappa shape index (κ3) is 12.0. The van der Waals surface area contributed by atoms with Crippen LogP contribution in [0.1, 0.15) is 96.8 Å². The lowest BCUT2D eigenvalue weighted by Crippen LogP contribution is -2.49. The quantitative estimate of drug-likeness (QED) is 0.170. The van der Waals surface area contributed by atoms with Crippen molar-refractivity contribution in [3.05, 3.63) is 46.2 Å². The molecule has 0 spiro atoms. The fourth-order valence-corrected chi connectivity index (χ4v) is 7.12. The molecule has 3 rings (SSSR count). The first-order valence-corrected chi connectivity index (χ1v) is 18.5. The Kier molecular flexibility index (Phi) is 16.0. The van der Waals surface area contributed by atoms with Crippen LogP contribution in [0.25, 0.3) is 0 Å². The maximum atomic E-state index is 13.4. The molecule has 1 saturated heterocycles. The molecule has 1 aromatic heterocycles. The van der Waals surface area contributed by atoms with E-state index >= 15 is 0 Å². The number of anilines is 1. The normalized spacial score (nSPS) is 26.0. The summed E-state index contributed by atoms with van der Waals surface area (Å²) >= 11 is 12.3. The molecule has 2 heterocycles. The molecular weight excluding hydrogens is 713 g/mol. The van der Waals surface area contributed by atoms with Crippen LogP contribution in [0.2, 0.25) is 10.0 Å². The molecule has 2 amide bonds. The van der Waals surface area contributed by atoms with E-state index in [1.165, 1.54) is 25.6 Å². The van der Waals surface area contributed by atoms with E-state index in [9.17, 15) is 19.2 Å². The second-order valence-corrected chi connectivity index (χ2v) is 14.9. The number of aromatic nitrogens is 1.